The van der Waals surface area contributed by atoms with Gasteiger partial charge in [-0.3, -0.25) is 4.90 Å². The van der Waals surface area contributed by atoms with Gasteiger partial charge in [0.1, 0.15) is 5.60 Å². The van der Waals surface area contributed by atoms with Crippen molar-refractivity contribution in [1.29, 1.82) is 0 Å². The van der Waals surface area contributed by atoms with Gasteiger partial charge in [-0.2, -0.15) is 0 Å². The molecule has 0 aromatic heterocycles. The number of carbonyl (C=O) groups is 1. The van der Waals surface area contributed by atoms with Crippen LogP contribution in [0.4, 0.5) is 4.79 Å². The minimum absolute atomic E-state index is 0.0911. The Kier molecular flexibility index (Phi) is 3.57. The molecule has 1 heterocycles. The topological polar surface area (TPSA) is 81.6 Å². The monoisotopic (exact) mass is 215 g/mol. The molecule has 1 fully saturated rings. The molecule has 2 atom stereocenters. The summed E-state index contributed by atoms with van der Waals surface area (Å²) in [5, 5.41) is 0. The van der Waals surface area contributed by atoms with Crippen molar-refractivity contribution < 1.29 is 9.53 Å². The van der Waals surface area contributed by atoms with Gasteiger partial charge >= 0.3 is 6.09 Å². The zero-order valence-electron chi connectivity index (χ0n) is 9.69. The highest BCUT2D eigenvalue weighted by Crippen LogP contribution is 2.26. The lowest BCUT2D eigenvalue weighted by molar-refractivity contribution is -0.0268. The highest BCUT2D eigenvalue weighted by atomic mass is 16.6. The highest BCUT2D eigenvalue weighted by molar-refractivity contribution is 5.70. The molecule has 15 heavy (non-hydrogen) atoms. The van der Waals surface area contributed by atoms with E-state index in [0.29, 0.717) is 13.1 Å². The van der Waals surface area contributed by atoms with E-state index in [-0.39, 0.29) is 18.2 Å². The molecule has 88 valence electrons. The maximum atomic E-state index is 11.8. The Labute approximate surface area is 90.7 Å². The lowest BCUT2D eigenvalue weighted by Crippen LogP contribution is -2.64. The Morgan fingerprint density at radius 2 is 1.80 bits per heavy atom. The summed E-state index contributed by atoms with van der Waals surface area (Å²) < 4.78 is 5.28. The zero-order chi connectivity index (χ0) is 11.6. The Balaban J connectivity index is 2.56. The molecule has 1 rings (SSSR count). The van der Waals surface area contributed by atoms with Crippen LogP contribution < -0.4 is 11.5 Å². The number of hydrogen-bond donors (Lipinski definition) is 2. The molecule has 0 bridgehead atoms. The third-order valence-electron chi connectivity index (χ3n) is 2.48. The van der Waals surface area contributed by atoms with Crippen LogP contribution in [0.15, 0.2) is 0 Å². The summed E-state index contributed by atoms with van der Waals surface area (Å²) in [4.78, 5) is 13.4. The van der Waals surface area contributed by atoms with Crippen molar-refractivity contribution >= 4 is 6.09 Å². The van der Waals surface area contributed by atoms with E-state index < -0.39 is 5.60 Å². The van der Waals surface area contributed by atoms with E-state index in [2.05, 4.69) is 0 Å². The largest absolute Gasteiger partial charge is 0.444 e. The number of likely N-dealkylation sites (tertiary alicyclic amines) is 1. The summed E-state index contributed by atoms with van der Waals surface area (Å²) in [6.45, 7) is 6.48. The van der Waals surface area contributed by atoms with Crippen molar-refractivity contribution in [2.75, 3.05) is 13.1 Å². The zero-order valence-corrected chi connectivity index (χ0v) is 9.69. The molecule has 1 saturated heterocycles. The summed E-state index contributed by atoms with van der Waals surface area (Å²) >= 11 is 0. The maximum Gasteiger partial charge on any atom is 0.410 e. The van der Waals surface area contributed by atoms with Gasteiger partial charge in [-0.1, -0.05) is 0 Å². The second-order valence-electron chi connectivity index (χ2n) is 4.90. The first-order valence-corrected chi connectivity index (χ1v) is 5.30. The van der Waals surface area contributed by atoms with Crippen molar-refractivity contribution in [2.45, 2.75) is 44.9 Å². The van der Waals surface area contributed by atoms with Crippen LogP contribution in [0.3, 0.4) is 0 Å². The highest BCUT2D eigenvalue weighted by Gasteiger charge is 2.41. The first kappa shape index (κ1) is 12.3. The molecule has 1 aliphatic rings. The van der Waals surface area contributed by atoms with Crippen LogP contribution in [0.1, 0.15) is 27.2 Å². The lowest BCUT2D eigenvalue weighted by atomic mass is 9.93. The Bertz CT molecular complexity index is 227. The molecule has 0 radical (unpaired) electrons. The average molecular weight is 215 g/mol. The van der Waals surface area contributed by atoms with E-state index in [1.807, 2.05) is 20.8 Å². The van der Waals surface area contributed by atoms with Crippen molar-refractivity contribution in [3.8, 4) is 0 Å². The molecule has 5 heteroatoms. The molecular weight excluding hydrogens is 194 g/mol. The summed E-state index contributed by atoms with van der Waals surface area (Å²) in [6, 6.07) is 0.182. The summed E-state index contributed by atoms with van der Waals surface area (Å²) in [5.41, 5.74) is 10.6. The van der Waals surface area contributed by atoms with Crippen LogP contribution in [0.5, 0.6) is 0 Å². The van der Waals surface area contributed by atoms with Gasteiger partial charge in [0.2, 0.25) is 0 Å². The van der Waals surface area contributed by atoms with Gasteiger partial charge in [0.05, 0.1) is 0 Å². The summed E-state index contributed by atoms with van der Waals surface area (Å²) in [7, 11) is 0. The quantitative estimate of drug-likeness (QED) is 0.693. The molecule has 0 spiro atoms. The van der Waals surface area contributed by atoms with Crippen LogP contribution in [0.25, 0.3) is 0 Å². The molecule has 0 aromatic rings. The van der Waals surface area contributed by atoms with Gasteiger partial charge in [-0.15, -0.1) is 0 Å². The molecule has 0 aromatic carbocycles. The van der Waals surface area contributed by atoms with Gasteiger partial charge in [-0.25, -0.2) is 4.79 Å². The van der Waals surface area contributed by atoms with Crippen molar-refractivity contribution in [2.24, 2.45) is 11.5 Å². The maximum absolute atomic E-state index is 11.8. The molecule has 1 amide bonds. The van der Waals surface area contributed by atoms with Gasteiger partial charge in [0.25, 0.3) is 0 Å². The normalized spacial score (nSPS) is 26.1. The van der Waals surface area contributed by atoms with E-state index in [9.17, 15) is 4.79 Å². The summed E-state index contributed by atoms with van der Waals surface area (Å²) in [5.74, 6) is 0. The van der Waals surface area contributed by atoms with Crippen LogP contribution >= 0.6 is 0 Å². The van der Waals surface area contributed by atoms with Crippen LogP contribution in [-0.4, -0.2) is 41.8 Å². The average Bonchev–Trinajstić information content (AvgIpc) is 1.99. The molecule has 0 saturated carbocycles. The Morgan fingerprint density at radius 3 is 2.13 bits per heavy atom. The van der Waals surface area contributed by atoms with E-state index in [4.69, 9.17) is 16.2 Å². The van der Waals surface area contributed by atoms with Gasteiger partial charge in [-0.05, 0) is 27.2 Å². The minimum Gasteiger partial charge on any atom is -0.444 e. The fourth-order valence-corrected chi connectivity index (χ4v) is 1.73. The molecule has 1 aliphatic heterocycles. The first-order chi connectivity index (χ1) is 6.89. The van der Waals surface area contributed by atoms with Crippen LogP contribution in [0, 0.1) is 0 Å². The predicted molar refractivity (Wildman–Crippen MR) is 58.4 cm³/mol. The number of amides is 1. The third-order valence-corrected chi connectivity index (χ3v) is 2.48. The predicted octanol–water partition coefficient (Wildman–Crippen LogP) is 0.282. The Hall–Kier alpha value is -0.810. The van der Waals surface area contributed by atoms with Gasteiger partial charge in [0, 0.05) is 25.2 Å². The molecule has 4 N–H and O–H groups in total. The second-order valence-corrected chi connectivity index (χ2v) is 4.90. The van der Waals surface area contributed by atoms with Gasteiger partial charge < -0.3 is 16.2 Å². The van der Waals surface area contributed by atoms with Crippen molar-refractivity contribution in [3.05, 3.63) is 0 Å². The van der Waals surface area contributed by atoms with Crippen molar-refractivity contribution in [1.82, 2.24) is 4.90 Å². The second kappa shape index (κ2) is 4.37. The van der Waals surface area contributed by atoms with Crippen LogP contribution in [0.2, 0.25) is 0 Å². The first-order valence-electron chi connectivity index (χ1n) is 5.30. The standard InChI is InChI=1S/C10H21N3O2/c1-10(2,3)15-9(14)13-7(5-11)4-8(13)6-12/h7-8H,4-6,11-12H2,1-3H3. The Morgan fingerprint density at radius 1 is 1.33 bits per heavy atom. The lowest BCUT2D eigenvalue weighted by Gasteiger charge is -2.47. The number of ether oxygens (including phenoxy) is 1. The molecule has 2 unspecified atom stereocenters. The summed E-state index contributed by atoms with van der Waals surface area (Å²) in [6.07, 6.45) is 0.575. The van der Waals surface area contributed by atoms with E-state index in [1.54, 1.807) is 4.90 Å². The van der Waals surface area contributed by atoms with E-state index >= 15 is 0 Å². The van der Waals surface area contributed by atoms with E-state index in [1.165, 1.54) is 0 Å². The third kappa shape index (κ3) is 2.82. The molecule has 0 aliphatic carbocycles. The van der Waals surface area contributed by atoms with Crippen molar-refractivity contribution in [3.63, 3.8) is 0 Å². The SMILES string of the molecule is CC(C)(C)OC(=O)N1C(CN)CC1CN. The molecule has 5 nitrogen and oxygen atoms in total. The number of nitrogens with zero attached hydrogens (tertiary/aromatic N) is 1. The molecular formula is C10H21N3O2. The fraction of sp³-hybridized carbons (Fsp3) is 0.900. The number of nitrogens with two attached hydrogens (primary N) is 2. The smallest absolute Gasteiger partial charge is 0.410 e. The minimum atomic E-state index is -0.467. The number of hydrogen-bond acceptors (Lipinski definition) is 4. The van der Waals surface area contributed by atoms with Crippen LogP contribution in [-0.2, 0) is 4.74 Å². The van der Waals surface area contributed by atoms with Gasteiger partial charge in [0.15, 0.2) is 0 Å². The number of rotatable bonds is 2. The van der Waals surface area contributed by atoms with E-state index in [0.717, 1.165) is 6.42 Å². The number of carbonyl (C=O) groups excluding carboxylic acids is 1. The fourth-order valence-electron chi connectivity index (χ4n) is 1.73.